The molecule has 2 N–H and O–H groups in total. The average molecular weight is 613 g/mol. The van der Waals surface area contributed by atoms with Crippen LogP contribution in [0.4, 0.5) is 0 Å². The van der Waals surface area contributed by atoms with E-state index < -0.39 is 0 Å². The van der Waals surface area contributed by atoms with Gasteiger partial charge in [-0.1, -0.05) is 116 Å². The number of phenols is 2. The van der Waals surface area contributed by atoms with Crippen molar-refractivity contribution in [3.8, 4) is 11.5 Å². The van der Waals surface area contributed by atoms with Crippen molar-refractivity contribution in [2.75, 3.05) is 0 Å². The van der Waals surface area contributed by atoms with Crippen LogP contribution in [0.5, 0.6) is 11.5 Å². The van der Waals surface area contributed by atoms with Gasteiger partial charge >= 0.3 is 0 Å². The fourth-order valence-corrected chi connectivity index (χ4v) is 7.97. The summed E-state index contributed by atoms with van der Waals surface area (Å²) in [4.78, 5) is 0. The van der Waals surface area contributed by atoms with Crippen molar-refractivity contribution < 1.29 is 10.2 Å². The number of rotatable bonds is 5. The lowest BCUT2D eigenvalue weighted by Crippen LogP contribution is -2.38. The molecule has 0 saturated heterocycles. The lowest BCUT2D eigenvalue weighted by molar-refractivity contribution is 0.0886. The smallest absolute Gasteiger partial charge is 0.126 e. The first-order valence-corrected chi connectivity index (χ1v) is 17.6. The minimum Gasteiger partial charge on any atom is -0.507 e. The second-order valence-corrected chi connectivity index (χ2v) is 14.1. The second-order valence-electron chi connectivity index (χ2n) is 14.1. The summed E-state index contributed by atoms with van der Waals surface area (Å²) in [6.45, 7) is 27.5. The molecule has 0 spiro atoms. The van der Waals surface area contributed by atoms with Crippen LogP contribution in [0.3, 0.4) is 0 Å². The lowest BCUT2D eigenvalue weighted by Gasteiger charge is -2.48. The highest BCUT2D eigenvalue weighted by Gasteiger charge is 2.43. The third-order valence-electron chi connectivity index (χ3n) is 9.73. The van der Waals surface area contributed by atoms with E-state index in [0.717, 1.165) is 52.8 Å². The van der Waals surface area contributed by atoms with E-state index in [1.54, 1.807) is 6.08 Å². The van der Waals surface area contributed by atoms with Crippen LogP contribution in [0.1, 0.15) is 138 Å². The molecule has 0 heterocycles. The van der Waals surface area contributed by atoms with Crippen molar-refractivity contribution in [3.05, 3.63) is 99.6 Å². The first kappa shape index (κ1) is 38.2. The van der Waals surface area contributed by atoms with Crippen molar-refractivity contribution >= 4 is 6.08 Å². The molecule has 2 bridgehead atoms. The van der Waals surface area contributed by atoms with Gasteiger partial charge in [-0.05, 0) is 129 Å². The number of phenolic OH excluding ortho intramolecular Hbond substituents is 2. The van der Waals surface area contributed by atoms with E-state index in [4.69, 9.17) is 0 Å². The fraction of sp³-hybridized carbons (Fsp3) is 0.535. The van der Waals surface area contributed by atoms with Gasteiger partial charge in [-0.2, -0.15) is 0 Å². The molecule has 2 nitrogen and oxygen atoms in total. The molecule has 0 aromatic heterocycles. The summed E-state index contributed by atoms with van der Waals surface area (Å²) in [5.74, 6) is 4.14. The van der Waals surface area contributed by atoms with E-state index in [9.17, 15) is 10.2 Å². The second kappa shape index (κ2) is 17.6. The van der Waals surface area contributed by atoms with Crippen LogP contribution in [0, 0.1) is 38.5 Å². The van der Waals surface area contributed by atoms with E-state index in [-0.39, 0.29) is 5.41 Å². The number of hydrogen-bond donors (Lipinski definition) is 2. The summed E-state index contributed by atoms with van der Waals surface area (Å²) in [6, 6.07) is 16.9. The Balaban J connectivity index is 0.000000250. The molecule has 0 amide bonds. The molecule has 2 aliphatic rings. The first-order valence-electron chi connectivity index (χ1n) is 17.6. The topological polar surface area (TPSA) is 40.5 Å². The Morgan fingerprint density at radius 2 is 1.38 bits per heavy atom. The fourth-order valence-electron chi connectivity index (χ4n) is 7.97. The summed E-state index contributed by atoms with van der Waals surface area (Å²) >= 11 is 0. The first-order chi connectivity index (χ1) is 21.3. The minimum atomic E-state index is 0.127. The van der Waals surface area contributed by atoms with Crippen LogP contribution in [0.15, 0.2) is 55.1 Å². The number of hydrogen-bond acceptors (Lipinski definition) is 2. The summed E-state index contributed by atoms with van der Waals surface area (Å²) < 4.78 is 0. The van der Waals surface area contributed by atoms with Gasteiger partial charge in [0.1, 0.15) is 11.5 Å². The van der Waals surface area contributed by atoms with Gasteiger partial charge in [0.05, 0.1) is 0 Å². The van der Waals surface area contributed by atoms with E-state index in [0.29, 0.717) is 17.4 Å². The van der Waals surface area contributed by atoms with Gasteiger partial charge in [-0.3, -0.25) is 0 Å². The van der Waals surface area contributed by atoms with Crippen molar-refractivity contribution in [1.82, 2.24) is 0 Å². The predicted octanol–water partition coefficient (Wildman–Crippen LogP) is 12.4. The largest absolute Gasteiger partial charge is 0.507 e. The van der Waals surface area contributed by atoms with Crippen LogP contribution < -0.4 is 0 Å². The van der Waals surface area contributed by atoms with Gasteiger partial charge in [0.15, 0.2) is 0 Å². The molecule has 2 aliphatic carbocycles. The molecule has 0 aliphatic heterocycles. The van der Waals surface area contributed by atoms with Crippen LogP contribution >= 0.6 is 0 Å². The summed E-state index contributed by atoms with van der Waals surface area (Å²) in [5, 5.41) is 20.2. The average Bonchev–Trinajstić information content (AvgIpc) is 3.00. The maximum atomic E-state index is 10.7. The summed E-state index contributed by atoms with van der Waals surface area (Å²) in [7, 11) is 0. The molecule has 5 rings (SSSR count). The van der Waals surface area contributed by atoms with Crippen LogP contribution in [-0.2, 0) is 18.3 Å². The number of fused-ring (bicyclic) bond motifs is 2. The SMILES string of the molecule is C=Cc1cc(C)cc(C2(C)CC3CC(C)CC(C3)C2)c1O.CC.CCc1cc(C)cc(C)c1O.CCc1ccccc1C(C)C. The Hall–Kier alpha value is -3.00. The monoisotopic (exact) mass is 612 g/mol. The van der Waals surface area contributed by atoms with Crippen molar-refractivity contribution in [1.29, 1.82) is 0 Å². The Kier molecular flexibility index (Phi) is 15.0. The molecule has 2 unspecified atom stereocenters. The summed E-state index contributed by atoms with van der Waals surface area (Å²) in [5.41, 5.74) is 9.61. The van der Waals surface area contributed by atoms with Gasteiger partial charge in [0.2, 0.25) is 0 Å². The Bertz CT molecular complexity index is 1350. The van der Waals surface area contributed by atoms with Gasteiger partial charge in [-0.15, -0.1) is 0 Å². The molecule has 0 radical (unpaired) electrons. The highest BCUT2D eigenvalue weighted by Crippen LogP contribution is 2.53. The number of aryl methyl sites for hydroxylation is 5. The van der Waals surface area contributed by atoms with E-state index in [2.05, 4.69) is 78.5 Å². The zero-order valence-electron chi connectivity index (χ0n) is 30.6. The number of aromatic hydroxyl groups is 2. The zero-order valence-corrected chi connectivity index (χ0v) is 30.6. The normalized spacial score (nSPS) is 21.7. The highest BCUT2D eigenvalue weighted by atomic mass is 16.3. The van der Waals surface area contributed by atoms with Crippen LogP contribution in [-0.4, -0.2) is 10.2 Å². The molecule has 3 aromatic carbocycles. The molecule has 2 fully saturated rings. The lowest BCUT2D eigenvalue weighted by atomic mass is 9.57. The Morgan fingerprint density at radius 3 is 1.89 bits per heavy atom. The summed E-state index contributed by atoms with van der Waals surface area (Å²) in [6.07, 6.45) is 10.4. The molecule has 2 saturated carbocycles. The maximum Gasteiger partial charge on any atom is 0.126 e. The standard InChI is InChI=1S/C20H28O.C11H16.C10H14O.C2H6/c1-5-17-8-14(3)9-18(19(17)21)20(4)11-15-6-13(2)7-16(10-15)12-20;1-4-10-7-5-6-8-11(10)9(2)3;1-4-9-6-7(2)5-8(3)10(9)11;1-2/h5,8-9,13,15-16,21H,1,6-7,10-12H2,2-4H3;5-9H,4H2,1-3H3;5-6,11H,4H2,1-3H3;1-2H3. The minimum absolute atomic E-state index is 0.127. The Morgan fingerprint density at radius 1 is 0.822 bits per heavy atom. The van der Waals surface area contributed by atoms with Gasteiger partial charge in [0, 0.05) is 11.1 Å². The molecule has 2 atom stereocenters. The molecular weight excluding hydrogens is 548 g/mol. The van der Waals surface area contributed by atoms with Crippen LogP contribution in [0.25, 0.3) is 6.08 Å². The molecule has 2 heteroatoms. The highest BCUT2D eigenvalue weighted by molar-refractivity contribution is 5.61. The van der Waals surface area contributed by atoms with E-state index in [1.165, 1.54) is 54.4 Å². The van der Waals surface area contributed by atoms with Gasteiger partial charge in [0.25, 0.3) is 0 Å². The third-order valence-corrected chi connectivity index (χ3v) is 9.73. The zero-order chi connectivity index (χ0) is 33.9. The maximum absolute atomic E-state index is 10.7. The van der Waals surface area contributed by atoms with Crippen molar-refractivity contribution in [2.24, 2.45) is 17.8 Å². The van der Waals surface area contributed by atoms with Gasteiger partial charge < -0.3 is 10.2 Å². The predicted molar refractivity (Wildman–Crippen MR) is 198 cm³/mol. The molecule has 248 valence electrons. The van der Waals surface area contributed by atoms with E-state index >= 15 is 0 Å². The van der Waals surface area contributed by atoms with Crippen molar-refractivity contribution in [3.63, 3.8) is 0 Å². The molecular formula is C43H64O2. The van der Waals surface area contributed by atoms with Crippen LogP contribution in [0.2, 0.25) is 0 Å². The molecule has 45 heavy (non-hydrogen) atoms. The number of benzene rings is 3. The van der Waals surface area contributed by atoms with Crippen molar-refractivity contribution in [2.45, 2.75) is 132 Å². The van der Waals surface area contributed by atoms with Gasteiger partial charge in [-0.25, -0.2) is 0 Å². The quantitative estimate of drug-likeness (QED) is 0.301. The van der Waals surface area contributed by atoms with E-state index in [1.807, 2.05) is 52.8 Å². The third kappa shape index (κ3) is 10.2. The molecule has 3 aromatic rings. The Labute approximate surface area is 277 Å².